The molecule has 2 nitrogen and oxygen atoms in total. The van der Waals surface area contributed by atoms with Crippen molar-refractivity contribution in [1.82, 2.24) is 0 Å². The molecule has 1 aliphatic rings. The number of nitrogens with one attached hydrogen (secondary N) is 1. The van der Waals surface area contributed by atoms with Gasteiger partial charge in [-0.2, -0.15) is 5.26 Å². The fraction of sp³-hybridized carbons (Fsp3) is 0.300. The van der Waals surface area contributed by atoms with Crippen LogP contribution in [-0.2, 0) is 0 Å². The zero-order valence-corrected chi connectivity index (χ0v) is 9.69. The quantitative estimate of drug-likeness (QED) is 0.893. The molecule has 0 amide bonds. The van der Waals surface area contributed by atoms with Gasteiger partial charge in [-0.25, -0.2) is 0 Å². The summed E-state index contributed by atoms with van der Waals surface area (Å²) in [5, 5.41) is 12.8. The van der Waals surface area contributed by atoms with E-state index in [2.05, 4.69) is 27.3 Å². The molecule has 4 heteroatoms. The molecule has 1 fully saturated rings. The minimum atomic E-state index is 0.527. The highest BCUT2D eigenvalue weighted by Gasteiger charge is 2.23. The Labute approximate surface area is 96.0 Å². The number of hydrogen-bond donors (Lipinski definition) is 1. The van der Waals surface area contributed by atoms with E-state index in [9.17, 15) is 0 Å². The van der Waals surface area contributed by atoms with E-state index in [0.29, 0.717) is 16.6 Å². The highest BCUT2D eigenvalue weighted by Crippen LogP contribution is 2.34. The first-order chi connectivity index (χ1) is 6.70. The van der Waals surface area contributed by atoms with Crippen LogP contribution < -0.4 is 5.32 Å². The summed E-state index contributed by atoms with van der Waals surface area (Å²) in [7, 11) is 0. The summed E-state index contributed by atoms with van der Waals surface area (Å²) in [6.07, 6.45) is 2.36. The van der Waals surface area contributed by atoms with Gasteiger partial charge in [-0.15, -0.1) is 0 Å². The largest absolute Gasteiger partial charge is 0.380 e. The van der Waals surface area contributed by atoms with Gasteiger partial charge in [0, 0.05) is 15.5 Å². The zero-order valence-electron chi connectivity index (χ0n) is 7.35. The molecule has 0 unspecified atom stereocenters. The molecule has 0 bridgehead atoms. The lowest BCUT2D eigenvalue weighted by atomic mass is 10.2. The average molecular weight is 272 g/mol. The molecule has 0 radical (unpaired) electrons. The fourth-order valence-electron chi connectivity index (χ4n) is 1.24. The van der Waals surface area contributed by atoms with Crippen LogP contribution in [0.2, 0.25) is 5.02 Å². The second-order valence-corrected chi connectivity index (χ2v) is 4.63. The predicted octanol–water partition coefficient (Wildman–Crippen LogP) is 3.55. The first-order valence-electron chi connectivity index (χ1n) is 4.36. The molecule has 14 heavy (non-hydrogen) atoms. The van der Waals surface area contributed by atoms with Gasteiger partial charge in [-0.05, 0) is 40.9 Å². The Morgan fingerprint density at radius 3 is 2.79 bits per heavy atom. The van der Waals surface area contributed by atoms with Crippen molar-refractivity contribution in [3.05, 3.63) is 27.2 Å². The predicted molar refractivity (Wildman–Crippen MR) is 60.5 cm³/mol. The third kappa shape index (κ3) is 2.02. The van der Waals surface area contributed by atoms with Crippen LogP contribution in [0.1, 0.15) is 18.4 Å². The van der Waals surface area contributed by atoms with Gasteiger partial charge in [0.15, 0.2) is 0 Å². The summed E-state index contributed by atoms with van der Waals surface area (Å²) < 4.78 is 0.855. The van der Waals surface area contributed by atoms with Crippen LogP contribution in [0.25, 0.3) is 0 Å². The molecule has 72 valence electrons. The molecule has 1 saturated carbocycles. The molecule has 0 aliphatic heterocycles. The maximum atomic E-state index is 8.93. The maximum Gasteiger partial charge on any atom is 0.101 e. The molecule has 0 spiro atoms. The van der Waals surface area contributed by atoms with E-state index in [1.165, 1.54) is 12.8 Å². The molecule has 0 heterocycles. The summed E-state index contributed by atoms with van der Waals surface area (Å²) >= 11 is 9.24. The van der Waals surface area contributed by atoms with Crippen LogP contribution in [0.3, 0.4) is 0 Å². The van der Waals surface area contributed by atoms with Crippen LogP contribution in [0.5, 0.6) is 0 Å². The van der Waals surface area contributed by atoms with Gasteiger partial charge in [0.05, 0.1) is 11.3 Å². The molecule has 2 rings (SSSR count). The van der Waals surface area contributed by atoms with Gasteiger partial charge >= 0.3 is 0 Å². The van der Waals surface area contributed by atoms with Crippen molar-refractivity contribution >= 4 is 33.2 Å². The summed E-state index contributed by atoms with van der Waals surface area (Å²) in [5.41, 5.74) is 1.45. The Kier molecular flexibility index (Phi) is 2.66. The van der Waals surface area contributed by atoms with Crippen molar-refractivity contribution in [3.8, 4) is 6.07 Å². The highest BCUT2D eigenvalue weighted by molar-refractivity contribution is 9.10. The van der Waals surface area contributed by atoms with Gasteiger partial charge in [-0.3, -0.25) is 0 Å². The molecule has 0 saturated heterocycles. The zero-order chi connectivity index (χ0) is 10.1. The van der Waals surface area contributed by atoms with E-state index >= 15 is 0 Å². The Balaban J connectivity index is 2.39. The Morgan fingerprint density at radius 2 is 2.21 bits per heavy atom. The lowest BCUT2D eigenvalue weighted by Gasteiger charge is -2.09. The molecule has 1 N–H and O–H groups in total. The van der Waals surface area contributed by atoms with Crippen molar-refractivity contribution in [1.29, 1.82) is 5.26 Å². The van der Waals surface area contributed by atoms with E-state index in [-0.39, 0.29) is 0 Å². The van der Waals surface area contributed by atoms with E-state index < -0.39 is 0 Å². The number of benzene rings is 1. The van der Waals surface area contributed by atoms with E-state index in [0.717, 1.165) is 10.2 Å². The number of rotatable bonds is 2. The Morgan fingerprint density at radius 1 is 1.50 bits per heavy atom. The van der Waals surface area contributed by atoms with Crippen molar-refractivity contribution in [2.24, 2.45) is 0 Å². The molecule has 1 aromatic carbocycles. The van der Waals surface area contributed by atoms with Crippen molar-refractivity contribution in [2.75, 3.05) is 5.32 Å². The van der Waals surface area contributed by atoms with Crippen LogP contribution >= 0.6 is 27.5 Å². The molecule has 1 aliphatic carbocycles. The minimum Gasteiger partial charge on any atom is -0.380 e. The highest BCUT2D eigenvalue weighted by atomic mass is 79.9. The van der Waals surface area contributed by atoms with Crippen LogP contribution in [0, 0.1) is 11.3 Å². The molecular formula is C10H8BrClN2. The van der Waals surface area contributed by atoms with Crippen molar-refractivity contribution in [2.45, 2.75) is 18.9 Å². The van der Waals surface area contributed by atoms with Gasteiger partial charge in [0.1, 0.15) is 6.07 Å². The van der Waals surface area contributed by atoms with Gasteiger partial charge in [-0.1, -0.05) is 11.6 Å². The van der Waals surface area contributed by atoms with Crippen LogP contribution in [0.15, 0.2) is 16.6 Å². The Hall–Kier alpha value is -0.720. The van der Waals surface area contributed by atoms with Gasteiger partial charge in [0.2, 0.25) is 0 Å². The smallest absolute Gasteiger partial charge is 0.101 e. The molecule has 1 aromatic rings. The third-order valence-electron chi connectivity index (χ3n) is 2.10. The lowest BCUT2D eigenvalue weighted by molar-refractivity contribution is 1.15. The van der Waals surface area contributed by atoms with E-state index in [4.69, 9.17) is 16.9 Å². The maximum absolute atomic E-state index is 8.93. The summed E-state index contributed by atoms with van der Waals surface area (Å²) in [4.78, 5) is 0. The second-order valence-electron chi connectivity index (χ2n) is 3.34. The topological polar surface area (TPSA) is 35.8 Å². The second kappa shape index (κ2) is 3.80. The van der Waals surface area contributed by atoms with Crippen molar-refractivity contribution < 1.29 is 0 Å². The number of nitriles is 1. The van der Waals surface area contributed by atoms with Gasteiger partial charge < -0.3 is 5.32 Å². The first kappa shape index (κ1) is 9.82. The van der Waals surface area contributed by atoms with Crippen LogP contribution in [0.4, 0.5) is 5.69 Å². The SMILES string of the molecule is N#Cc1cc(Cl)cc(Br)c1NC1CC1. The molecule has 0 aromatic heterocycles. The average Bonchev–Trinajstić information content (AvgIpc) is 2.93. The fourth-order valence-corrected chi connectivity index (χ4v) is 2.16. The van der Waals surface area contributed by atoms with Crippen molar-refractivity contribution in [3.63, 3.8) is 0 Å². The number of nitrogens with zero attached hydrogens (tertiary/aromatic N) is 1. The van der Waals surface area contributed by atoms with E-state index in [1.807, 2.05) is 0 Å². The first-order valence-corrected chi connectivity index (χ1v) is 5.53. The monoisotopic (exact) mass is 270 g/mol. The third-order valence-corrected chi connectivity index (χ3v) is 2.94. The van der Waals surface area contributed by atoms with Crippen LogP contribution in [-0.4, -0.2) is 6.04 Å². The lowest BCUT2D eigenvalue weighted by Crippen LogP contribution is -2.03. The summed E-state index contributed by atoms with van der Waals surface area (Å²) in [6, 6.07) is 6.14. The summed E-state index contributed by atoms with van der Waals surface area (Å²) in [5.74, 6) is 0. The molecular weight excluding hydrogens is 263 g/mol. The molecule has 0 atom stereocenters. The summed E-state index contributed by atoms with van der Waals surface area (Å²) in [6.45, 7) is 0. The van der Waals surface area contributed by atoms with Gasteiger partial charge in [0.25, 0.3) is 0 Å². The standard InChI is InChI=1S/C10H8BrClN2/c11-9-4-7(12)3-6(5-13)10(9)14-8-1-2-8/h3-4,8,14H,1-2H2. The number of halogens is 2. The number of anilines is 1. The normalized spacial score (nSPS) is 14.9. The number of hydrogen-bond acceptors (Lipinski definition) is 2. The van der Waals surface area contributed by atoms with E-state index in [1.54, 1.807) is 12.1 Å². The minimum absolute atomic E-state index is 0.527. The Bertz CT molecular complexity index is 407.